The standard InChI is InChI=1S/C18H25F3N2O3/c1-16(2,3)26-15(24)23-11-9-22(10-12-23)14-7-5-13(6-8-14)17(4,25)18(19,20)21/h5-8,25H,9-12H2,1-4H3. The minimum atomic E-state index is -4.74. The summed E-state index contributed by atoms with van der Waals surface area (Å²) in [5.74, 6) is 0. The normalized spacial score (nSPS) is 18.5. The molecule has 0 bridgehead atoms. The Morgan fingerprint density at radius 1 is 1.00 bits per heavy atom. The number of anilines is 1. The molecule has 1 aliphatic rings. The number of alkyl halides is 3. The average molecular weight is 374 g/mol. The molecule has 1 aromatic carbocycles. The molecule has 1 aromatic rings. The molecule has 5 nitrogen and oxygen atoms in total. The number of benzene rings is 1. The van der Waals surface area contributed by atoms with Crippen LogP contribution in [0.3, 0.4) is 0 Å². The van der Waals surface area contributed by atoms with Crippen molar-refractivity contribution in [1.82, 2.24) is 4.90 Å². The van der Waals surface area contributed by atoms with Crippen molar-refractivity contribution in [3.63, 3.8) is 0 Å². The number of hydrogen-bond donors (Lipinski definition) is 1. The highest BCUT2D eigenvalue weighted by Gasteiger charge is 2.51. The largest absolute Gasteiger partial charge is 0.444 e. The van der Waals surface area contributed by atoms with Crippen LogP contribution in [0.5, 0.6) is 0 Å². The molecule has 1 N–H and O–H groups in total. The van der Waals surface area contributed by atoms with Gasteiger partial charge < -0.3 is 19.6 Å². The maximum absolute atomic E-state index is 12.9. The number of amides is 1. The molecule has 1 heterocycles. The fourth-order valence-corrected chi connectivity index (χ4v) is 2.63. The Labute approximate surface area is 151 Å². The van der Waals surface area contributed by atoms with E-state index in [0.717, 1.165) is 12.6 Å². The molecule has 1 saturated heterocycles. The summed E-state index contributed by atoms with van der Waals surface area (Å²) < 4.78 is 44.0. The molecule has 1 aliphatic heterocycles. The Bertz CT molecular complexity index is 629. The first-order valence-corrected chi connectivity index (χ1v) is 8.44. The Kier molecular flexibility index (Phi) is 5.46. The van der Waals surface area contributed by atoms with Gasteiger partial charge in [-0.1, -0.05) is 12.1 Å². The molecule has 0 aromatic heterocycles. The van der Waals surface area contributed by atoms with Crippen molar-refractivity contribution >= 4 is 11.8 Å². The van der Waals surface area contributed by atoms with Crippen LogP contribution >= 0.6 is 0 Å². The second-order valence-corrected chi connectivity index (χ2v) is 7.57. The maximum Gasteiger partial charge on any atom is 0.421 e. The third kappa shape index (κ3) is 4.60. The molecule has 0 spiro atoms. The lowest BCUT2D eigenvalue weighted by molar-refractivity contribution is -0.258. The zero-order valence-electron chi connectivity index (χ0n) is 15.4. The average Bonchev–Trinajstić information content (AvgIpc) is 2.52. The Morgan fingerprint density at radius 2 is 1.50 bits per heavy atom. The minimum Gasteiger partial charge on any atom is -0.444 e. The van der Waals surface area contributed by atoms with Crippen molar-refractivity contribution in [1.29, 1.82) is 0 Å². The van der Waals surface area contributed by atoms with Crippen molar-refractivity contribution in [3.8, 4) is 0 Å². The molecule has 1 fully saturated rings. The van der Waals surface area contributed by atoms with E-state index in [4.69, 9.17) is 4.74 Å². The van der Waals surface area contributed by atoms with Gasteiger partial charge in [-0.25, -0.2) is 4.79 Å². The summed E-state index contributed by atoms with van der Waals surface area (Å²) in [6.07, 6.45) is -5.11. The number of carbonyl (C=O) groups is 1. The number of halogens is 3. The van der Waals surface area contributed by atoms with Crippen LogP contribution in [-0.2, 0) is 10.3 Å². The first-order chi connectivity index (χ1) is 11.8. The van der Waals surface area contributed by atoms with Gasteiger partial charge in [0, 0.05) is 31.9 Å². The third-order valence-corrected chi connectivity index (χ3v) is 4.28. The van der Waals surface area contributed by atoms with Gasteiger partial charge in [0.15, 0.2) is 5.60 Å². The Morgan fingerprint density at radius 3 is 1.92 bits per heavy atom. The Balaban J connectivity index is 1.99. The molecule has 8 heteroatoms. The van der Waals surface area contributed by atoms with Crippen molar-refractivity contribution in [3.05, 3.63) is 29.8 Å². The molecule has 0 aliphatic carbocycles. The molecule has 1 amide bonds. The van der Waals surface area contributed by atoms with Crippen LogP contribution in [0.2, 0.25) is 0 Å². The molecule has 146 valence electrons. The van der Waals surface area contributed by atoms with Crippen LogP contribution < -0.4 is 4.90 Å². The topological polar surface area (TPSA) is 53.0 Å². The quantitative estimate of drug-likeness (QED) is 0.861. The van der Waals surface area contributed by atoms with Gasteiger partial charge >= 0.3 is 12.3 Å². The smallest absolute Gasteiger partial charge is 0.421 e. The number of ether oxygens (including phenoxy) is 1. The van der Waals surface area contributed by atoms with Gasteiger partial charge in [-0.15, -0.1) is 0 Å². The monoisotopic (exact) mass is 374 g/mol. The highest BCUT2D eigenvalue weighted by Crippen LogP contribution is 2.38. The van der Waals surface area contributed by atoms with Gasteiger partial charge in [0.25, 0.3) is 0 Å². The van der Waals surface area contributed by atoms with Gasteiger partial charge in [-0.05, 0) is 45.4 Å². The second kappa shape index (κ2) is 6.98. The highest BCUT2D eigenvalue weighted by atomic mass is 19.4. The molecule has 0 radical (unpaired) electrons. The predicted molar refractivity (Wildman–Crippen MR) is 92.1 cm³/mol. The molecular weight excluding hydrogens is 349 g/mol. The molecule has 0 saturated carbocycles. The van der Waals surface area contributed by atoms with Gasteiger partial charge in [0.1, 0.15) is 5.60 Å². The van der Waals surface area contributed by atoms with E-state index in [1.165, 1.54) is 12.1 Å². The lowest BCUT2D eigenvalue weighted by Crippen LogP contribution is -2.50. The molecule has 1 atom stereocenters. The van der Waals surface area contributed by atoms with Crippen LogP contribution in [0.1, 0.15) is 33.3 Å². The fraction of sp³-hybridized carbons (Fsp3) is 0.611. The molecular formula is C18H25F3N2O3. The summed E-state index contributed by atoms with van der Waals surface area (Å²) >= 11 is 0. The number of nitrogens with zero attached hydrogens (tertiary/aromatic N) is 2. The van der Waals surface area contributed by atoms with Crippen molar-refractivity contribution < 1.29 is 27.8 Å². The van der Waals surface area contributed by atoms with E-state index in [-0.39, 0.29) is 11.7 Å². The van der Waals surface area contributed by atoms with E-state index in [2.05, 4.69) is 0 Å². The highest BCUT2D eigenvalue weighted by molar-refractivity contribution is 5.68. The number of carbonyl (C=O) groups excluding carboxylic acids is 1. The van der Waals surface area contributed by atoms with Crippen LogP contribution in [0.15, 0.2) is 24.3 Å². The summed E-state index contributed by atoms with van der Waals surface area (Å²) in [5.41, 5.74) is -2.91. The van der Waals surface area contributed by atoms with Gasteiger partial charge in [-0.3, -0.25) is 0 Å². The van der Waals surface area contributed by atoms with Crippen molar-refractivity contribution in [2.24, 2.45) is 0 Å². The van der Waals surface area contributed by atoms with E-state index in [1.54, 1.807) is 37.8 Å². The summed E-state index contributed by atoms with van der Waals surface area (Å²) in [4.78, 5) is 15.7. The summed E-state index contributed by atoms with van der Waals surface area (Å²) in [7, 11) is 0. The van der Waals surface area contributed by atoms with Crippen LogP contribution in [-0.4, -0.2) is 54.1 Å². The second-order valence-electron chi connectivity index (χ2n) is 7.57. The van der Waals surface area contributed by atoms with Crippen LogP contribution in [0, 0.1) is 0 Å². The molecule has 2 rings (SSSR count). The Hall–Kier alpha value is -1.96. The zero-order chi connectivity index (χ0) is 19.8. The lowest BCUT2D eigenvalue weighted by Gasteiger charge is -2.37. The lowest BCUT2D eigenvalue weighted by atomic mass is 9.95. The predicted octanol–water partition coefficient (Wildman–Crippen LogP) is 3.51. The number of aliphatic hydroxyl groups is 1. The van der Waals surface area contributed by atoms with E-state index in [1.807, 2.05) is 4.90 Å². The van der Waals surface area contributed by atoms with E-state index < -0.39 is 17.4 Å². The van der Waals surface area contributed by atoms with E-state index in [0.29, 0.717) is 26.2 Å². The van der Waals surface area contributed by atoms with Gasteiger partial charge in [0.05, 0.1) is 0 Å². The van der Waals surface area contributed by atoms with Crippen LogP contribution in [0.4, 0.5) is 23.7 Å². The molecule has 26 heavy (non-hydrogen) atoms. The van der Waals surface area contributed by atoms with E-state index >= 15 is 0 Å². The fourth-order valence-electron chi connectivity index (χ4n) is 2.63. The first-order valence-electron chi connectivity index (χ1n) is 8.44. The number of piperazine rings is 1. The summed E-state index contributed by atoms with van der Waals surface area (Å²) in [5, 5.41) is 9.72. The van der Waals surface area contributed by atoms with Crippen molar-refractivity contribution in [2.45, 2.75) is 45.1 Å². The van der Waals surface area contributed by atoms with Gasteiger partial charge in [0.2, 0.25) is 0 Å². The SMILES string of the molecule is CC(C)(C)OC(=O)N1CCN(c2ccc(C(C)(O)C(F)(F)F)cc2)CC1. The third-order valence-electron chi connectivity index (χ3n) is 4.28. The van der Waals surface area contributed by atoms with E-state index in [9.17, 15) is 23.1 Å². The summed E-state index contributed by atoms with van der Waals surface area (Å²) in [6, 6.07) is 5.67. The van der Waals surface area contributed by atoms with Crippen molar-refractivity contribution in [2.75, 3.05) is 31.1 Å². The maximum atomic E-state index is 12.9. The zero-order valence-corrected chi connectivity index (χ0v) is 15.4. The van der Waals surface area contributed by atoms with Gasteiger partial charge in [-0.2, -0.15) is 13.2 Å². The minimum absolute atomic E-state index is 0.207. The number of rotatable bonds is 2. The first kappa shape index (κ1) is 20.4. The molecule has 1 unspecified atom stereocenters. The van der Waals surface area contributed by atoms with Crippen LogP contribution in [0.25, 0.3) is 0 Å². The number of hydrogen-bond acceptors (Lipinski definition) is 4. The summed E-state index contributed by atoms with van der Waals surface area (Å²) in [6.45, 7) is 8.19.